The van der Waals surface area contributed by atoms with E-state index in [0.29, 0.717) is 0 Å². The van der Waals surface area contributed by atoms with Gasteiger partial charge >= 0.3 is 39.0 Å². The number of nitrogens with zero attached hydrogens (tertiary/aromatic N) is 4. The van der Waals surface area contributed by atoms with Gasteiger partial charge in [0.05, 0.1) is 23.9 Å². The van der Waals surface area contributed by atoms with Crippen LogP contribution in [-0.2, 0) is 39.0 Å². The quantitative estimate of drug-likeness (QED) is 0.220. The molecule has 0 saturated carbocycles. The summed E-state index contributed by atoms with van der Waals surface area (Å²) in [4.78, 5) is 52.7. The summed E-state index contributed by atoms with van der Waals surface area (Å²) in [5, 5.41) is 40.8. The molecule has 0 amide bonds. The van der Waals surface area contributed by atoms with Crippen molar-refractivity contribution >= 4 is 35.3 Å². The first-order chi connectivity index (χ1) is 27.4. The Morgan fingerprint density at radius 1 is 0.350 bits per heavy atom. The first-order valence-corrected chi connectivity index (χ1v) is 17.7. The fraction of sp³-hybridized carbons (Fsp3) is 0.174. The summed E-state index contributed by atoms with van der Waals surface area (Å²) in [5.74, 6) is -4.50. The van der Waals surface area contributed by atoms with Crippen molar-refractivity contribution in [3.63, 3.8) is 0 Å². The zero-order valence-corrected chi connectivity index (χ0v) is 41.3. The van der Waals surface area contributed by atoms with Gasteiger partial charge in [0.1, 0.15) is 0 Å². The van der Waals surface area contributed by atoms with Gasteiger partial charge in [-0.05, 0) is 74.2 Å². The van der Waals surface area contributed by atoms with E-state index in [0.717, 1.165) is 22.3 Å². The molecule has 0 saturated heterocycles. The molecule has 0 bridgehead atoms. The molecular weight excluding hydrogens is 867 g/mol. The third-order valence-corrected chi connectivity index (χ3v) is 7.51. The maximum atomic E-state index is 10.2. The normalized spacial score (nSPS) is 8.93. The van der Waals surface area contributed by atoms with Crippen molar-refractivity contribution in [2.45, 2.75) is 27.7 Å². The number of carboxylic acid groups (broad SMARTS) is 4. The molecule has 0 fully saturated rings. The number of rotatable bonds is 6. The molecule has 0 aliphatic carbocycles. The van der Waals surface area contributed by atoms with E-state index >= 15 is 0 Å². The molecular formula is C46H48N4O8Zn2. The summed E-state index contributed by atoms with van der Waals surface area (Å²) >= 11 is 0. The number of hydrogen-bond acceptors (Lipinski definition) is 12. The molecule has 2 heterocycles. The number of carboxylic acids is 4. The zero-order chi connectivity index (χ0) is 43.6. The van der Waals surface area contributed by atoms with Gasteiger partial charge in [0.2, 0.25) is 0 Å². The van der Waals surface area contributed by atoms with Crippen molar-refractivity contribution in [3.8, 4) is 0 Å². The second-order valence-corrected chi connectivity index (χ2v) is 12.8. The molecule has 6 aromatic rings. The van der Waals surface area contributed by atoms with E-state index < -0.39 is 23.9 Å². The molecule has 0 unspecified atom stereocenters. The minimum absolute atomic E-state index is 0. The molecule has 4 aromatic carbocycles. The van der Waals surface area contributed by atoms with E-state index in [1.165, 1.54) is 59.9 Å². The number of pyridine rings is 2. The first kappa shape index (κ1) is 56.0. The van der Waals surface area contributed by atoms with Crippen LogP contribution < -0.4 is 30.2 Å². The van der Waals surface area contributed by atoms with Crippen LogP contribution in [0.25, 0.3) is 0 Å². The number of anilines is 2. The maximum Gasteiger partial charge on any atom is 2.00 e. The standard InChI is InChI=1S/4C8H8O2.2C7H10N2.2Zn/c4*1-6-2-4-7(5-3-6)8(9)10;2*1-9(2)7-3-5-8-6-4-7;;/h4*2-5H,1H3,(H,9,10);2*3-6H,1-2H3;;/q;;;;;;2*+2/p-4. The summed E-state index contributed by atoms with van der Waals surface area (Å²) in [6.45, 7) is 7.61. The number of hydrogen-bond donors (Lipinski definition) is 0. The van der Waals surface area contributed by atoms with E-state index in [1.54, 1.807) is 73.3 Å². The predicted molar refractivity (Wildman–Crippen MR) is 219 cm³/mol. The Morgan fingerprint density at radius 3 is 0.633 bits per heavy atom. The van der Waals surface area contributed by atoms with E-state index in [9.17, 15) is 39.6 Å². The second-order valence-electron chi connectivity index (χ2n) is 12.8. The van der Waals surface area contributed by atoms with Gasteiger partial charge in [-0.1, -0.05) is 119 Å². The fourth-order valence-corrected chi connectivity index (χ4v) is 4.04. The van der Waals surface area contributed by atoms with Crippen molar-refractivity contribution in [1.29, 1.82) is 0 Å². The third kappa shape index (κ3) is 24.6. The van der Waals surface area contributed by atoms with Crippen LogP contribution in [0.3, 0.4) is 0 Å². The molecule has 304 valence electrons. The average molecular weight is 916 g/mol. The van der Waals surface area contributed by atoms with Crippen molar-refractivity contribution < 1.29 is 78.6 Å². The third-order valence-electron chi connectivity index (χ3n) is 7.51. The maximum absolute atomic E-state index is 10.2. The zero-order valence-electron chi connectivity index (χ0n) is 35.3. The van der Waals surface area contributed by atoms with Gasteiger partial charge in [-0.3, -0.25) is 9.97 Å². The Bertz CT molecular complexity index is 1840. The smallest absolute Gasteiger partial charge is 0.545 e. The van der Waals surface area contributed by atoms with Crippen LogP contribution in [0.15, 0.2) is 146 Å². The Balaban J connectivity index is 0. The summed E-state index contributed by atoms with van der Waals surface area (Å²) in [5.41, 5.74) is 7.47. The number of carbonyl (C=O) groups is 4. The van der Waals surface area contributed by atoms with E-state index in [2.05, 4.69) is 9.97 Å². The van der Waals surface area contributed by atoms with Crippen molar-refractivity contribution in [2.75, 3.05) is 38.0 Å². The van der Waals surface area contributed by atoms with Crippen molar-refractivity contribution in [3.05, 3.63) is 191 Å². The molecule has 0 radical (unpaired) electrons. The Kier molecular flexibility index (Phi) is 28.9. The number of aromatic carboxylic acids is 4. The molecule has 6 rings (SSSR count). The van der Waals surface area contributed by atoms with Crippen LogP contribution in [0.2, 0.25) is 0 Å². The van der Waals surface area contributed by atoms with E-state index in [-0.39, 0.29) is 61.2 Å². The van der Waals surface area contributed by atoms with E-state index in [4.69, 9.17) is 0 Å². The topological polar surface area (TPSA) is 193 Å². The number of aromatic nitrogens is 2. The molecule has 0 N–H and O–H groups in total. The predicted octanol–water partition coefficient (Wildman–Crippen LogP) is 3.72. The minimum Gasteiger partial charge on any atom is -0.545 e. The van der Waals surface area contributed by atoms with Gasteiger partial charge in [0, 0.05) is 64.4 Å². The van der Waals surface area contributed by atoms with Crippen LogP contribution in [0.1, 0.15) is 63.7 Å². The average Bonchev–Trinajstić information content (AvgIpc) is 3.20. The number of benzene rings is 4. The summed E-state index contributed by atoms with van der Waals surface area (Å²) in [7, 11) is 8.04. The summed E-state index contributed by atoms with van der Waals surface area (Å²) in [6, 6.07) is 34.1. The Hall–Kier alpha value is -6.09. The molecule has 0 spiro atoms. The SMILES string of the molecule is CN(C)c1ccncc1.CN(C)c1ccncc1.Cc1ccc(C(=O)[O-])cc1.Cc1ccc(C(=O)[O-])cc1.Cc1ccc(C(=O)[O-])cc1.Cc1ccc(C(=O)[O-])cc1.[Zn+2].[Zn+2]. The number of aryl methyl sites for hydroxylation is 4. The number of carbonyl (C=O) groups excluding carboxylic acids is 4. The molecule has 0 atom stereocenters. The van der Waals surface area contributed by atoms with Gasteiger partial charge in [-0.2, -0.15) is 0 Å². The Morgan fingerprint density at radius 2 is 0.517 bits per heavy atom. The monoisotopic (exact) mass is 912 g/mol. The van der Waals surface area contributed by atoms with Gasteiger partial charge in [-0.25, -0.2) is 0 Å². The van der Waals surface area contributed by atoms with Crippen LogP contribution >= 0.6 is 0 Å². The van der Waals surface area contributed by atoms with Crippen molar-refractivity contribution in [1.82, 2.24) is 9.97 Å². The van der Waals surface area contributed by atoms with Gasteiger partial charge in [0.15, 0.2) is 0 Å². The Labute approximate surface area is 378 Å². The van der Waals surface area contributed by atoms with E-state index in [1.807, 2.05) is 90.0 Å². The van der Waals surface area contributed by atoms with Crippen LogP contribution in [0, 0.1) is 27.7 Å². The molecule has 0 aliphatic heterocycles. The van der Waals surface area contributed by atoms with Crippen LogP contribution in [-0.4, -0.2) is 62.0 Å². The van der Waals surface area contributed by atoms with Gasteiger partial charge in [-0.15, -0.1) is 0 Å². The molecule has 14 heteroatoms. The summed E-state index contributed by atoms with van der Waals surface area (Å²) < 4.78 is 0. The molecule has 60 heavy (non-hydrogen) atoms. The van der Waals surface area contributed by atoms with Gasteiger partial charge < -0.3 is 49.4 Å². The van der Waals surface area contributed by atoms with Crippen LogP contribution in [0.5, 0.6) is 0 Å². The fourth-order valence-electron chi connectivity index (χ4n) is 4.04. The second kappa shape index (κ2) is 30.9. The van der Waals surface area contributed by atoms with Crippen molar-refractivity contribution in [2.24, 2.45) is 0 Å². The van der Waals surface area contributed by atoms with Gasteiger partial charge in [0.25, 0.3) is 0 Å². The van der Waals surface area contributed by atoms with Crippen LogP contribution in [0.4, 0.5) is 11.4 Å². The summed E-state index contributed by atoms with van der Waals surface area (Å²) in [6.07, 6.45) is 7.15. The molecule has 2 aromatic heterocycles. The largest absolute Gasteiger partial charge is 2.00 e. The minimum atomic E-state index is -1.12. The first-order valence-electron chi connectivity index (χ1n) is 17.7. The molecule has 0 aliphatic rings. The molecule has 12 nitrogen and oxygen atoms in total.